The molecule has 0 saturated carbocycles. The lowest BCUT2D eigenvalue weighted by molar-refractivity contribution is -0.142. The predicted octanol–water partition coefficient (Wildman–Crippen LogP) is 2.42. The molecule has 6 nitrogen and oxygen atoms in total. The summed E-state index contributed by atoms with van der Waals surface area (Å²) >= 11 is 3.41. The number of carbonyl (C=O) groups is 3. The second-order valence-corrected chi connectivity index (χ2v) is 7.24. The standard InChI is InChI=1S/C17H21BrN2O4/c1-10(2)7-13(17(23)24)19-16(22)11-8-15(21)20(9-11)14-6-4-3-5-12(14)18/h3-6,10-11,13H,7-9H2,1-2H3,(H,19,22)(H,23,24). The van der Waals surface area contributed by atoms with Gasteiger partial charge in [-0.2, -0.15) is 0 Å². The molecule has 1 aromatic carbocycles. The lowest BCUT2D eigenvalue weighted by Gasteiger charge is -2.20. The van der Waals surface area contributed by atoms with Gasteiger partial charge >= 0.3 is 5.97 Å². The molecule has 1 aliphatic rings. The third-order valence-corrected chi connectivity index (χ3v) is 4.63. The van der Waals surface area contributed by atoms with Crippen LogP contribution in [0.2, 0.25) is 0 Å². The van der Waals surface area contributed by atoms with Crippen molar-refractivity contribution in [3.05, 3.63) is 28.7 Å². The van der Waals surface area contributed by atoms with Crippen molar-refractivity contribution in [1.29, 1.82) is 0 Å². The van der Waals surface area contributed by atoms with Crippen LogP contribution in [0.1, 0.15) is 26.7 Å². The van der Waals surface area contributed by atoms with Crippen LogP contribution in [0.15, 0.2) is 28.7 Å². The van der Waals surface area contributed by atoms with Crippen molar-refractivity contribution in [3.63, 3.8) is 0 Å². The Balaban J connectivity index is 2.06. The zero-order valence-electron chi connectivity index (χ0n) is 13.7. The monoisotopic (exact) mass is 396 g/mol. The van der Waals surface area contributed by atoms with Crippen molar-refractivity contribution in [2.24, 2.45) is 11.8 Å². The summed E-state index contributed by atoms with van der Waals surface area (Å²) in [7, 11) is 0. The van der Waals surface area contributed by atoms with E-state index in [9.17, 15) is 19.5 Å². The number of carboxylic acids is 1. The average Bonchev–Trinajstić information content (AvgIpc) is 2.88. The molecule has 24 heavy (non-hydrogen) atoms. The van der Waals surface area contributed by atoms with Gasteiger partial charge in [0.2, 0.25) is 11.8 Å². The number of hydrogen-bond acceptors (Lipinski definition) is 3. The molecule has 1 saturated heterocycles. The highest BCUT2D eigenvalue weighted by atomic mass is 79.9. The molecule has 1 aliphatic heterocycles. The molecule has 130 valence electrons. The molecule has 2 amide bonds. The Morgan fingerprint density at radius 2 is 2.04 bits per heavy atom. The maximum absolute atomic E-state index is 12.4. The van der Waals surface area contributed by atoms with Gasteiger partial charge in [-0.25, -0.2) is 4.79 Å². The average molecular weight is 397 g/mol. The molecule has 1 heterocycles. The second kappa shape index (κ2) is 7.79. The summed E-state index contributed by atoms with van der Waals surface area (Å²) in [6, 6.07) is 6.39. The second-order valence-electron chi connectivity index (χ2n) is 6.39. The molecule has 2 atom stereocenters. The molecule has 7 heteroatoms. The maximum Gasteiger partial charge on any atom is 0.326 e. The molecule has 2 rings (SSSR count). The number of halogens is 1. The lowest BCUT2D eigenvalue weighted by atomic mass is 10.0. The van der Waals surface area contributed by atoms with E-state index in [2.05, 4.69) is 21.2 Å². The van der Waals surface area contributed by atoms with Crippen molar-refractivity contribution in [3.8, 4) is 0 Å². The fraction of sp³-hybridized carbons (Fsp3) is 0.471. The smallest absolute Gasteiger partial charge is 0.326 e. The van der Waals surface area contributed by atoms with Crippen molar-refractivity contribution in [2.75, 3.05) is 11.4 Å². The molecule has 0 bridgehead atoms. The van der Waals surface area contributed by atoms with Crippen LogP contribution in [-0.2, 0) is 14.4 Å². The van der Waals surface area contributed by atoms with E-state index in [1.807, 2.05) is 32.0 Å². The van der Waals surface area contributed by atoms with Crippen LogP contribution < -0.4 is 10.2 Å². The zero-order valence-corrected chi connectivity index (χ0v) is 15.2. The largest absolute Gasteiger partial charge is 0.480 e. The summed E-state index contributed by atoms with van der Waals surface area (Å²) in [5.74, 6) is -1.97. The number of carboxylic acid groups (broad SMARTS) is 1. The van der Waals surface area contributed by atoms with Gasteiger partial charge in [-0.15, -0.1) is 0 Å². The van der Waals surface area contributed by atoms with Gasteiger partial charge in [-0.05, 0) is 40.4 Å². The summed E-state index contributed by atoms with van der Waals surface area (Å²) < 4.78 is 0.780. The molecule has 0 spiro atoms. The van der Waals surface area contributed by atoms with E-state index in [0.29, 0.717) is 6.42 Å². The van der Waals surface area contributed by atoms with E-state index in [0.717, 1.165) is 10.2 Å². The Hall–Kier alpha value is -1.89. The molecular formula is C17H21BrN2O4. The summed E-state index contributed by atoms with van der Waals surface area (Å²) in [6.07, 6.45) is 0.441. The highest BCUT2D eigenvalue weighted by Crippen LogP contribution is 2.31. The van der Waals surface area contributed by atoms with Gasteiger partial charge < -0.3 is 15.3 Å². The van der Waals surface area contributed by atoms with Crippen LogP contribution in [0, 0.1) is 11.8 Å². The van der Waals surface area contributed by atoms with E-state index >= 15 is 0 Å². The van der Waals surface area contributed by atoms with Gasteiger partial charge in [0.25, 0.3) is 0 Å². The van der Waals surface area contributed by atoms with Gasteiger partial charge in [0.1, 0.15) is 6.04 Å². The molecular weight excluding hydrogens is 376 g/mol. The molecule has 0 aliphatic carbocycles. The zero-order chi connectivity index (χ0) is 17.9. The number of nitrogens with zero attached hydrogens (tertiary/aromatic N) is 1. The van der Waals surface area contributed by atoms with Crippen molar-refractivity contribution >= 4 is 39.4 Å². The number of anilines is 1. The molecule has 1 aromatic rings. The Kier molecular flexibility index (Phi) is 5.99. The summed E-state index contributed by atoms with van der Waals surface area (Å²) in [6.45, 7) is 4.05. The topological polar surface area (TPSA) is 86.7 Å². The number of amides is 2. The quantitative estimate of drug-likeness (QED) is 0.772. The maximum atomic E-state index is 12.4. The van der Waals surface area contributed by atoms with Crippen LogP contribution in [0.5, 0.6) is 0 Å². The van der Waals surface area contributed by atoms with E-state index in [4.69, 9.17) is 0 Å². The van der Waals surface area contributed by atoms with Gasteiger partial charge in [0, 0.05) is 17.4 Å². The normalized spacial score (nSPS) is 18.8. The van der Waals surface area contributed by atoms with Crippen LogP contribution in [0.3, 0.4) is 0 Å². The fourth-order valence-corrected chi connectivity index (χ4v) is 3.27. The van der Waals surface area contributed by atoms with Gasteiger partial charge in [-0.1, -0.05) is 26.0 Å². The fourth-order valence-electron chi connectivity index (χ4n) is 2.77. The number of para-hydroxylation sites is 1. The number of nitrogens with one attached hydrogen (secondary N) is 1. The minimum atomic E-state index is -1.05. The Morgan fingerprint density at radius 3 is 2.62 bits per heavy atom. The highest BCUT2D eigenvalue weighted by molar-refractivity contribution is 9.10. The minimum absolute atomic E-state index is 0.0845. The van der Waals surface area contributed by atoms with Crippen LogP contribution in [0.4, 0.5) is 5.69 Å². The summed E-state index contributed by atoms with van der Waals surface area (Å²) in [5.41, 5.74) is 0.717. The van der Waals surface area contributed by atoms with Gasteiger partial charge in [0.05, 0.1) is 11.6 Å². The minimum Gasteiger partial charge on any atom is -0.480 e. The van der Waals surface area contributed by atoms with Crippen molar-refractivity contribution < 1.29 is 19.5 Å². The molecule has 2 unspecified atom stereocenters. The molecule has 0 radical (unpaired) electrons. The number of aliphatic carboxylic acids is 1. The van der Waals surface area contributed by atoms with Gasteiger partial charge in [-0.3, -0.25) is 9.59 Å². The van der Waals surface area contributed by atoms with Crippen LogP contribution in [0.25, 0.3) is 0 Å². The Bertz CT molecular complexity index is 647. The molecule has 2 N–H and O–H groups in total. The van der Waals surface area contributed by atoms with Crippen molar-refractivity contribution in [1.82, 2.24) is 5.32 Å². The Labute approximate surface area is 149 Å². The Morgan fingerprint density at radius 1 is 1.38 bits per heavy atom. The third kappa shape index (κ3) is 4.35. The van der Waals surface area contributed by atoms with E-state index < -0.39 is 17.9 Å². The highest BCUT2D eigenvalue weighted by Gasteiger charge is 2.37. The van der Waals surface area contributed by atoms with Crippen LogP contribution >= 0.6 is 15.9 Å². The number of carbonyl (C=O) groups excluding carboxylic acids is 2. The van der Waals surface area contributed by atoms with Crippen LogP contribution in [-0.4, -0.2) is 35.5 Å². The number of rotatable bonds is 6. The number of benzene rings is 1. The first-order chi connectivity index (χ1) is 11.3. The molecule has 0 aromatic heterocycles. The summed E-state index contributed by atoms with van der Waals surface area (Å²) in [4.78, 5) is 37.5. The predicted molar refractivity (Wildman–Crippen MR) is 93.6 cm³/mol. The SMILES string of the molecule is CC(C)CC(NC(=O)C1CC(=O)N(c2ccccc2Br)C1)C(=O)O. The first kappa shape index (κ1) is 18.4. The van der Waals surface area contributed by atoms with E-state index in [1.54, 1.807) is 11.0 Å². The van der Waals surface area contributed by atoms with Crippen molar-refractivity contribution in [2.45, 2.75) is 32.7 Å². The lowest BCUT2D eigenvalue weighted by Crippen LogP contribution is -2.44. The van der Waals surface area contributed by atoms with Gasteiger partial charge in [0.15, 0.2) is 0 Å². The first-order valence-electron chi connectivity index (χ1n) is 7.87. The third-order valence-electron chi connectivity index (χ3n) is 3.96. The summed E-state index contributed by atoms with van der Waals surface area (Å²) in [5, 5.41) is 11.8. The number of hydrogen-bond donors (Lipinski definition) is 2. The first-order valence-corrected chi connectivity index (χ1v) is 8.67. The van der Waals surface area contributed by atoms with E-state index in [1.165, 1.54) is 0 Å². The molecule has 1 fully saturated rings. The van der Waals surface area contributed by atoms with E-state index in [-0.39, 0.29) is 30.7 Å².